The predicted octanol–water partition coefficient (Wildman–Crippen LogP) is 3.15. The molecular formula is C15H20BrN5. The van der Waals surface area contributed by atoms with Crippen molar-refractivity contribution in [3.8, 4) is 0 Å². The molecular weight excluding hydrogens is 330 g/mol. The number of halogens is 1. The summed E-state index contributed by atoms with van der Waals surface area (Å²) >= 11 is 3.51. The van der Waals surface area contributed by atoms with E-state index in [2.05, 4.69) is 54.7 Å². The normalized spacial score (nSPS) is 19.0. The summed E-state index contributed by atoms with van der Waals surface area (Å²) in [6.07, 6.45) is 4.17. The largest absolute Gasteiger partial charge is 0.356 e. The van der Waals surface area contributed by atoms with Crippen LogP contribution in [0.5, 0.6) is 0 Å². The molecule has 0 saturated carbocycles. The summed E-state index contributed by atoms with van der Waals surface area (Å²) in [5.74, 6) is 2.60. The molecule has 6 heteroatoms. The number of anilines is 1. The van der Waals surface area contributed by atoms with Crippen LogP contribution in [0.15, 0.2) is 22.9 Å². The second-order valence-electron chi connectivity index (χ2n) is 5.50. The average molecular weight is 350 g/mol. The minimum Gasteiger partial charge on any atom is -0.356 e. The van der Waals surface area contributed by atoms with Gasteiger partial charge in [-0.25, -0.2) is 4.98 Å². The fraction of sp³-hybridized carbons (Fsp3) is 0.533. The molecule has 1 atom stereocenters. The van der Waals surface area contributed by atoms with Crippen LogP contribution in [-0.2, 0) is 6.54 Å². The number of piperidine rings is 1. The van der Waals surface area contributed by atoms with Crippen LogP contribution in [0, 0.1) is 6.92 Å². The highest BCUT2D eigenvalue weighted by molar-refractivity contribution is 9.10. The van der Waals surface area contributed by atoms with Crippen LogP contribution >= 0.6 is 15.9 Å². The third-order valence-electron chi connectivity index (χ3n) is 4.10. The van der Waals surface area contributed by atoms with Crippen molar-refractivity contribution < 1.29 is 0 Å². The quantitative estimate of drug-likeness (QED) is 0.853. The van der Waals surface area contributed by atoms with E-state index < -0.39 is 0 Å². The van der Waals surface area contributed by atoms with E-state index in [1.807, 2.05) is 13.3 Å². The van der Waals surface area contributed by atoms with Crippen molar-refractivity contribution in [3.05, 3.63) is 34.5 Å². The zero-order valence-corrected chi connectivity index (χ0v) is 14.0. The first-order valence-electron chi connectivity index (χ1n) is 7.45. The van der Waals surface area contributed by atoms with Crippen molar-refractivity contribution in [1.82, 2.24) is 19.7 Å². The molecule has 0 aromatic carbocycles. The van der Waals surface area contributed by atoms with Gasteiger partial charge in [0.1, 0.15) is 18.0 Å². The van der Waals surface area contributed by atoms with Crippen LogP contribution in [0.3, 0.4) is 0 Å². The van der Waals surface area contributed by atoms with Crippen molar-refractivity contribution in [1.29, 1.82) is 0 Å². The molecule has 1 saturated heterocycles. The van der Waals surface area contributed by atoms with E-state index in [1.165, 1.54) is 6.42 Å². The molecule has 3 rings (SSSR count). The van der Waals surface area contributed by atoms with Crippen LogP contribution in [0.4, 0.5) is 5.82 Å². The minimum absolute atomic E-state index is 0.437. The van der Waals surface area contributed by atoms with E-state index >= 15 is 0 Å². The van der Waals surface area contributed by atoms with E-state index in [4.69, 9.17) is 4.98 Å². The molecule has 112 valence electrons. The summed E-state index contributed by atoms with van der Waals surface area (Å²) in [5, 5.41) is 8.39. The second-order valence-corrected chi connectivity index (χ2v) is 6.35. The summed E-state index contributed by atoms with van der Waals surface area (Å²) in [7, 11) is 0. The van der Waals surface area contributed by atoms with E-state index in [0.717, 1.165) is 47.9 Å². The Morgan fingerprint density at radius 1 is 1.38 bits per heavy atom. The zero-order valence-electron chi connectivity index (χ0n) is 12.5. The minimum atomic E-state index is 0.437. The maximum Gasteiger partial charge on any atom is 0.137 e. The molecule has 1 unspecified atom stereocenters. The highest BCUT2D eigenvalue weighted by Crippen LogP contribution is 2.29. The maximum atomic E-state index is 4.69. The first-order valence-corrected chi connectivity index (χ1v) is 8.24. The van der Waals surface area contributed by atoms with E-state index in [1.54, 1.807) is 0 Å². The van der Waals surface area contributed by atoms with Crippen molar-refractivity contribution in [2.75, 3.05) is 18.0 Å². The highest BCUT2D eigenvalue weighted by atomic mass is 79.9. The van der Waals surface area contributed by atoms with E-state index in [-0.39, 0.29) is 0 Å². The molecule has 2 aromatic rings. The molecule has 0 bridgehead atoms. The highest BCUT2D eigenvalue weighted by Gasteiger charge is 2.25. The molecule has 0 spiro atoms. The van der Waals surface area contributed by atoms with Gasteiger partial charge in [-0.05, 0) is 54.8 Å². The lowest BCUT2D eigenvalue weighted by atomic mass is 9.97. The standard InChI is InChI=1S/C15H20BrN5/c1-3-20-10-17-19-15(20)12-5-4-8-21(9-12)14-7-6-13(16)11(2)18-14/h6-7,10,12H,3-5,8-9H2,1-2H3. The second kappa shape index (κ2) is 6.13. The van der Waals surface area contributed by atoms with Gasteiger partial charge >= 0.3 is 0 Å². The third-order valence-corrected chi connectivity index (χ3v) is 4.94. The predicted molar refractivity (Wildman–Crippen MR) is 86.6 cm³/mol. The van der Waals surface area contributed by atoms with Gasteiger partial charge in [0, 0.05) is 30.0 Å². The number of pyridine rings is 1. The smallest absolute Gasteiger partial charge is 0.137 e. The molecule has 3 heterocycles. The van der Waals surface area contributed by atoms with Crippen molar-refractivity contribution in [2.24, 2.45) is 0 Å². The van der Waals surface area contributed by atoms with Crippen molar-refractivity contribution in [2.45, 2.75) is 39.2 Å². The third kappa shape index (κ3) is 2.95. The Balaban J connectivity index is 1.81. The van der Waals surface area contributed by atoms with Gasteiger partial charge < -0.3 is 9.47 Å². The van der Waals surface area contributed by atoms with Gasteiger partial charge in [0.2, 0.25) is 0 Å². The summed E-state index contributed by atoms with van der Waals surface area (Å²) in [6.45, 7) is 7.11. The lowest BCUT2D eigenvalue weighted by Gasteiger charge is -2.33. The Kier molecular flexibility index (Phi) is 4.24. The summed E-state index contributed by atoms with van der Waals surface area (Å²) < 4.78 is 3.21. The number of aromatic nitrogens is 4. The molecule has 0 N–H and O–H groups in total. The Morgan fingerprint density at radius 2 is 2.24 bits per heavy atom. The molecule has 1 fully saturated rings. The SMILES string of the molecule is CCn1cnnc1C1CCCN(c2ccc(Br)c(C)n2)C1. The lowest BCUT2D eigenvalue weighted by Crippen LogP contribution is -2.36. The molecule has 2 aromatic heterocycles. The van der Waals surface area contributed by atoms with Gasteiger partial charge in [-0.2, -0.15) is 0 Å². The monoisotopic (exact) mass is 349 g/mol. The Morgan fingerprint density at radius 3 is 3.00 bits per heavy atom. The van der Waals surface area contributed by atoms with Crippen LogP contribution < -0.4 is 4.90 Å². The Bertz CT molecular complexity index is 624. The van der Waals surface area contributed by atoms with Gasteiger partial charge in [-0.1, -0.05) is 0 Å². The van der Waals surface area contributed by atoms with Gasteiger partial charge in [0.05, 0.1) is 5.69 Å². The van der Waals surface area contributed by atoms with Gasteiger partial charge in [-0.3, -0.25) is 0 Å². The summed E-state index contributed by atoms with van der Waals surface area (Å²) in [6, 6.07) is 4.17. The van der Waals surface area contributed by atoms with Gasteiger partial charge in [0.25, 0.3) is 0 Å². The Labute approximate surface area is 133 Å². The molecule has 21 heavy (non-hydrogen) atoms. The van der Waals surface area contributed by atoms with Crippen LogP contribution in [-0.4, -0.2) is 32.8 Å². The molecule has 1 aliphatic rings. The average Bonchev–Trinajstić information content (AvgIpc) is 2.99. The molecule has 0 amide bonds. The first-order chi connectivity index (χ1) is 10.2. The lowest BCUT2D eigenvalue weighted by molar-refractivity contribution is 0.471. The fourth-order valence-electron chi connectivity index (χ4n) is 2.93. The van der Waals surface area contributed by atoms with Crippen molar-refractivity contribution >= 4 is 21.7 Å². The number of hydrogen-bond acceptors (Lipinski definition) is 4. The van der Waals surface area contributed by atoms with Gasteiger partial charge in [-0.15, -0.1) is 10.2 Å². The van der Waals surface area contributed by atoms with E-state index in [9.17, 15) is 0 Å². The van der Waals surface area contributed by atoms with Gasteiger partial charge in [0.15, 0.2) is 0 Å². The maximum absolute atomic E-state index is 4.69. The molecule has 1 aliphatic heterocycles. The zero-order chi connectivity index (χ0) is 14.8. The van der Waals surface area contributed by atoms with Crippen LogP contribution in [0.1, 0.15) is 37.2 Å². The Hall–Kier alpha value is -1.43. The van der Waals surface area contributed by atoms with Crippen molar-refractivity contribution in [3.63, 3.8) is 0 Å². The number of nitrogens with zero attached hydrogens (tertiary/aromatic N) is 5. The molecule has 0 aliphatic carbocycles. The number of rotatable bonds is 3. The topological polar surface area (TPSA) is 46.8 Å². The number of aryl methyl sites for hydroxylation is 2. The van der Waals surface area contributed by atoms with E-state index in [0.29, 0.717) is 5.92 Å². The molecule has 0 radical (unpaired) electrons. The first kappa shape index (κ1) is 14.5. The number of hydrogen-bond donors (Lipinski definition) is 0. The fourth-order valence-corrected chi connectivity index (χ4v) is 3.15. The van der Waals surface area contributed by atoms with Crippen LogP contribution in [0.25, 0.3) is 0 Å². The summed E-state index contributed by atoms with van der Waals surface area (Å²) in [4.78, 5) is 7.05. The summed E-state index contributed by atoms with van der Waals surface area (Å²) in [5.41, 5.74) is 1.03. The molecule has 5 nitrogen and oxygen atoms in total. The van der Waals surface area contributed by atoms with Crippen LogP contribution in [0.2, 0.25) is 0 Å².